The second-order valence-corrected chi connectivity index (χ2v) is 6.01. The van der Waals surface area contributed by atoms with Gasteiger partial charge in [-0.05, 0) is 24.6 Å². The molecule has 0 aliphatic rings. The van der Waals surface area contributed by atoms with Crippen molar-refractivity contribution < 1.29 is 4.79 Å². The summed E-state index contributed by atoms with van der Waals surface area (Å²) in [6, 6.07) is 13.7. The standard InChI is InChI=1S/C17H15BrN2O/c1-11-7-8-12(9-14(11)18)17(21)10-15-13-5-3-4-6-16(13)20(2)19-15/h3-9H,10H2,1-2H3. The number of fused-ring (bicyclic) bond motifs is 1. The number of benzene rings is 2. The van der Waals surface area contributed by atoms with Crippen LogP contribution >= 0.6 is 15.9 Å². The maximum absolute atomic E-state index is 12.5. The van der Waals surface area contributed by atoms with E-state index in [-0.39, 0.29) is 5.78 Å². The number of aromatic nitrogens is 2. The molecule has 0 radical (unpaired) electrons. The smallest absolute Gasteiger partial charge is 0.168 e. The van der Waals surface area contributed by atoms with Crippen molar-refractivity contribution in [3.8, 4) is 0 Å². The topological polar surface area (TPSA) is 34.9 Å². The molecular weight excluding hydrogens is 328 g/mol. The Hall–Kier alpha value is -1.94. The molecule has 0 spiro atoms. The summed E-state index contributed by atoms with van der Waals surface area (Å²) in [5.74, 6) is 0.0829. The zero-order chi connectivity index (χ0) is 15.0. The minimum absolute atomic E-state index is 0.0829. The summed E-state index contributed by atoms with van der Waals surface area (Å²) in [5.41, 5.74) is 3.71. The van der Waals surface area contributed by atoms with Gasteiger partial charge >= 0.3 is 0 Å². The average molecular weight is 343 g/mol. The second kappa shape index (κ2) is 5.45. The number of nitrogens with zero attached hydrogens (tertiary/aromatic N) is 2. The van der Waals surface area contributed by atoms with Crippen LogP contribution in [0.1, 0.15) is 21.6 Å². The van der Waals surface area contributed by atoms with Crippen LogP contribution in [-0.2, 0) is 13.5 Å². The molecular formula is C17H15BrN2O. The SMILES string of the molecule is Cc1ccc(C(=O)Cc2nn(C)c3ccccc23)cc1Br. The molecule has 3 nitrogen and oxygen atoms in total. The van der Waals surface area contributed by atoms with Gasteiger partial charge in [0.1, 0.15) is 0 Å². The highest BCUT2D eigenvalue weighted by Crippen LogP contribution is 2.21. The van der Waals surface area contributed by atoms with Crippen molar-refractivity contribution in [3.63, 3.8) is 0 Å². The highest BCUT2D eigenvalue weighted by molar-refractivity contribution is 9.10. The molecule has 0 N–H and O–H groups in total. The summed E-state index contributed by atoms with van der Waals surface area (Å²) in [6.45, 7) is 2.00. The van der Waals surface area contributed by atoms with Gasteiger partial charge in [-0.25, -0.2) is 0 Å². The number of halogens is 1. The number of hydrogen-bond donors (Lipinski definition) is 0. The van der Waals surface area contributed by atoms with Crippen LogP contribution in [0.2, 0.25) is 0 Å². The summed E-state index contributed by atoms with van der Waals surface area (Å²) in [4.78, 5) is 12.5. The first-order chi connectivity index (χ1) is 10.1. The second-order valence-electron chi connectivity index (χ2n) is 5.15. The quantitative estimate of drug-likeness (QED) is 0.672. The fourth-order valence-electron chi connectivity index (χ4n) is 2.44. The largest absolute Gasteiger partial charge is 0.294 e. The Morgan fingerprint density at radius 3 is 2.76 bits per heavy atom. The number of Topliss-reactive ketones (excluding diaryl/α,β-unsaturated/α-hetero) is 1. The van der Waals surface area contributed by atoms with E-state index in [9.17, 15) is 4.79 Å². The first-order valence-corrected chi connectivity index (χ1v) is 7.55. The third-order valence-corrected chi connectivity index (χ3v) is 4.51. The van der Waals surface area contributed by atoms with E-state index in [4.69, 9.17) is 0 Å². The Labute approximate surface area is 131 Å². The van der Waals surface area contributed by atoms with Gasteiger partial charge in [0.15, 0.2) is 5.78 Å². The van der Waals surface area contributed by atoms with Crippen molar-refractivity contribution in [2.24, 2.45) is 7.05 Å². The van der Waals surface area contributed by atoms with Gasteiger partial charge in [0.2, 0.25) is 0 Å². The molecule has 4 heteroatoms. The lowest BCUT2D eigenvalue weighted by Crippen LogP contribution is -2.05. The van der Waals surface area contributed by atoms with E-state index < -0.39 is 0 Å². The molecule has 0 saturated carbocycles. The van der Waals surface area contributed by atoms with E-state index in [1.807, 2.05) is 61.1 Å². The summed E-state index contributed by atoms with van der Waals surface area (Å²) in [7, 11) is 1.90. The molecule has 0 aliphatic carbocycles. The number of carbonyl (C=O) groups excluding carboxylic acids is 1. The molecule has 0 unspecified atom stereocenters. The molecule has 106 valence electrons. The van der Waals surface area contributed by atoms with Crippen LogP contribution in [-0.4, -0.2) is 15.6 Å². The molecule has 0 fully saturated rings. The van der Waals surface area contributed by atoms with Crippen molar-refractivity contribution in [3.05, 3.63) is 63.8 Å². The monoisotopic (exact) mass is 342 g/mol. The summed E-state index contributed by atoms with van der Waals surface area (Å²) >= 11 is 3.47. The molecule has 0 saturated heterocycles. The van der Waals surface area contributed by atoms with Crippen molar-refractivity contribution in [1.29, 1.82) is 0 Å². The number of para-hydroxylation sites is 1. The molecule has 1 heterocycles. The van der Waals surface area contributed by atoms with Crippen molar-refractivity contribution >= 4 is 32.6 Å². The average Bonchev–Trinajstić information content (AvgIpc) is 2.79. The van der Waals surface area contributed by atoms with Crippen molar-refractivity contribution in [2.45, 2.75) is 13.3 Å². The van der Waals surface area contributed by atoms with Gasteiger partial charge in [-0.2, -0.15) is 5.10 Å². The molecule has 0 atom stereocenters. The predicted octanol–water partition coefficient (Wildman–Crippen LogP) is 4.07. The van der Waals surface area contributed by atoms with E-state index in [1.54, 1.807) is 0 Å². The van der Waals surface area contributed by atoms with Gasteiger partial charge in [0.05, 0.1) is 17.6 Å². The minimum Gasteiger partial charge on any atom is -0.294 e. The Balaban J connectivity index is 1.94. The highest BCUT2D eigenvalue weighted by Gasteiger charge is 2.14. The summed E-state index contributed by atoms with van der Waals surface area (Å²) in [6.07, 6.45) is 0.316. The van der Waals surface area contributed by atoms with E-state index in [2.05, 4.69) is 21.0 Å². The zero-order valence-corrected chi connectivity index (χ0v) is 13.5. The van der Waals surface area contributed by atoms with E-state index in [0.29, 0.717) is 12.0 Å². The lowest BCUT2D eigenvalue weighted by Gasteiger charge is -2.03. The molecule has 0 aliphatic heterocycles. The van der Waals surface area contributed by atoms with Crippen LogP contribution in [0.3, 0.4) is 0 Å². The lowest BCUT2D eigenvalue weighted by atomic mass is 10.0. The van der Waals surface area contributed by atoms with E-state index in [0.717, 1.165) is 26.6 Å². The van der Waals surface area contributed by atoms with Gasteiger partial charge in [0.25, 0.3) is 0 Å². The predicted molar refractivity (Wildman–Crippen MR) is 87.6 cm³/mol. The fourth-order valence-corrected chi connectivity index (χ4v) is 2.82. The van der Waals surface area contributed by atoms with Crippen LogP contribution in [0, 0.1) is 6.92 Å². The molecule has 0 amide bonds. The Morgan fingerprint density at radius 2 is 2.00 bits per heavy atom. The van der Waals surface area contributed by atoms with Gasteiger partial charge in [-0.1, -0.05) is 46.3 Å². The fraction of sp³-hybridized carbons (Fsp3) is 0.176. The first kappa shape index (κ1) is 14.0. The molecule has 3 rings (SSSR count). The van der Waals surface area contributed by atoms with E-state index >= 15 is 0 Å². The molecule has 0 bridgehead atoms. The van der Waals surface area contributed by atoms with Crippen LogP contribution in [0.4, 0.5) is 0 Å². The van der Waals surface area contributed by atoms with Crippen molar-refractivity contribution in [1.82, 2.24) is 9.78 Å². The van der Waals surface area contributed by atoms with Gasteiger partial charge in [-0.3, -0.25) is 9.48 Å². The lowest BCUT2D eigenvalue weighted by molar-refractivity contribution is 0.0992. The molecule has 3 aromatic rings. The van der Waals surface area contributed by atoms with Crippen LogP contribution in [0.25, 0.3) is 10.9 Å². The third kappa shape index (κ3) is 2.63. The maximum atomic E-state index is 12.5. The number of aryl methyl sites for hydroxylation is 2. The van der Waals surface area contributed by atoms with E-state index in [1.165, 1.54) is 0 Å². The number of carbonyl (C=O) groups is 1. The van der Waals surface area contributed by atoms with Crippen LogP contribution in [0.5, 0.6) is 0 Å². The maximum Gasteiger partial charge on any atom is 0.168 e. The first-order valence-electron chi connectivity index (χ1n) is 6.76. The zero-order valence-electron chi connectivity index (χ0n) is 11.9. The van der Waals surface area contributed by atoms with Crippen molar-refractivity contribution in [2.75, 3.05) is 0 Å². The number of hydrogen-bond acceptors (Lipinski definition) is 2. The molecule has 2 aromatic carbocycles. The highest BCUT2D eigenvalue weighted by atomic mass is 79.9. The normalized spacial score (nSPS) is 11.0. The number of ketones is 1. The van der Waals surface area contributed by atoms with Gasteiger partial charge < -0.3 is 0 Å². The van der Waals surface area contributed by atoms with Crippen LogP contribution in [0.15, 0.2) is 46.9 Å². The third-order valence-electron chi connectivity index (χ3n) is 3.66. The number of rotatable bonds is 3. The van der Waals surface area contributed by atoms with Crippen LogP contribution < -0.4 is 0 Å². The minimum atomic E-state index is 0.0829. The summed E-state index contributed by atoms with van der Waals surface area (Å²) < 4.78 is 2.78. The molecule has 21 heavy (non-hydrogen) atoms. The Morgan fingerprint density at radius 1 is 1.24 bits per heavy atom. The summed E-state index contributed by atoms with van der Waals surface area (Å²) in [5, 5.41) is 5.52. The van der Waals surface area contributed by atoms with Gasteiger partial charge in [0, 0.05) is 22.5 Å². The Bertz CT molecular complexity index is 836. The van der Waals surface area contributed by atoms with Gasteiger partial charge in [-0.15, -0.1) is 0 Å². The molecule has 1 aromatic heterocycles. The Kier molecular flexibility index (Phi) is 3.64.